The Bertz CT molecular complexity index is 1080. The first-order valence-electron chi connectivity index (χ1n) is 9.79. The molecule has 0 bridgehead atoms. The average Bonchev–Trinajstić information content (AvgIpc) is 3.16. The van der Waals surface area contributed by atoms with Crippen molar-refractivity contribution in [1.82, 2.24) is 14.3 Å². The summed E-state index contributed by atoms with van der Waals surface area (Å²) in [6.45, 7) is 0. The molecular formula is C21H24N4O3S. The van der Waals surface area contributed by atoms with Crippen molar-refractivity contribution < 1.29 is 13.2 Å². The fourth-order valence-electron chi connectivity index (χ4n) is 3.78. The quantitative estimate of drug-likeness (QED) is 0.667. The number of amides is 1. The molecule has 0 spiro atoms. The molecule has 152 valence electrons. The molecule has 29 heavy (non-hydrogen) atoms. The van der Waals surface area contributed by atoms with Gasteiger partial charge < -0.3 is 4.98 Å². The van der Waals surface area contributed by atoms with Gasteiger partial charge >= 0.3 is 0 Å². The molecule has 0 aliphatic heterocycles. The lowest BCUT2D eigenvalue weighted by molar-refractivity contribution is 0.102. The number of fused-ring (bicyclic) bond motifs is 1. The smallest absolute Gasteiger partial charge is 0.257 e. The maximum Gasteiger partial charge on any atom is 0.257 e. The van der Waals surface area contributed by atoms with Crippen LogP contribution in [0.15, 0.2) is 53.4 Å². The Kier molecular flexibility index (Phi) is 5.38. The maximum absolute atomic E-state index is 12.9. The van der Waals surface area contributed by atoms with Gasteiger partial charge in [0.2, 0.25) is 16.0 Å². The van der Waals surface area contributed by atoms with Gasteiger partial charge in [-0.05, 0) is 49.2 Å². The van der Waals surface area contributed by atoms with Gasteiger partial charge in [0.25, 0.3) is 5.91 Å². The van der Waals surface area contributed by atoms with E-state index in [4.69, 9.17) is 0 Å². The molecule has 1 aliphatic carbocycles. The van der Waals surface area contributed by atoms with E-state index < -0.39 is 10.0 Å². The van der Waals surface area contributed by atoms with Crippen molar-refractivity contribution in [2.75, 3.05) is 12.4 Å². The van der Waals surface area contributed by atoms with Crippen LogP contribution < -0.4 is 5.32 Å². The highest BCUT2D eigenvalue weighted by Crippen LogP contribution is 2.26. The number of aromatic nitrogens is 2. The normalized spacial score (nSPS) is 15.7. The van der Waals surface area contributed by atoms with E-state index in [9.17, 15) is 13.2 Å². The molecule has 1 amide bonds. The Balaban J connectivity index is 1.48. The lowest BCUT2D eigenvalue weighted by Crippen LogP contribution is -2.38. The fourth-order valence-corrected chi connectivity index (χ4v) is 5.19. The van der Waals surface area contributed by atoms with Gasteiger partial charge in [0, 0.05) is 18.7 Å². The van der Waals surface area contributed by atoms with Gasteiger partial charge in [-0.3, -0.25) is 10.1 Å². The van der Waals surface area contributed by atoms with Crippen LogP contribution in [0.4, 0.5) is 5.95 Å². The molecule has 0 unspecified atom stereocenters. The SMILES string of the molecule is CN(C1CCCCC1)S(=O)(=O)c1ccc(C(=O)Nc2nc3ccccc3[nH]2)cc1. The number of carbonyl (C=O) groups is 1. The molecule has 0 saturated heterocycles. The summed E-state index contributed by atoms with van der Waals surface area (Å²) in [6.07, 6.45) is 5.08. The molecule has 1 saturated carbocycles. The number of carbonyl (C=O) groups excluding carboxylic acids is 1. The number of anilines is 1. The number of imidazole rings is 1. The Morgan fingerprint density at radius 2 is 1.76 bits per heavy atom. The molecule has 4 rings (SSSR count). The van der Waals surface area contributed by atoms with Crippen molar-refractivity contribution in [3.63, 3.8) is 0 Å². The predicted octanol–water partition coefficient (Wildman–Crippen LogP) is 3.77. The third kappa shape index (κ3) is 4.04. The van der Waals surface area contributed by atoms with E-state index in [-0.39, 0.29) is 16.8 Å². The molecule has 2 N–H and O–H groups in total. The van der Waals surface area contributed by atoms with Crippen LogP contribution in [0.5, 0.6) is 0 Å². The number of nitrogens with one attached hydrogen (secondary N) is 2. The van der Waals surface area contributed by atoms with E-state index in [1.807, 2.05) is 24.3 Å². The van der Waals surface area contributed by atoms with Crippen molar-refractivity contribution >= 4 is 32.9 Å². The zero-order valence-electron chi connectivity index (χ0n) is 16.3. The molecule has 3 aromatic rings. The topological polar surface area (TPSA) is 95.2 Å². The summed E-state index contributed by atoms with van der Waals surface area (Å²) in [5, 5.41) is 2.71. The van der Waals surface area contributed by atoms with E-state index in [1.54, 1.807) is 7.05 Å². The van der Waals surface area contributed by atoms with Crippen molar-refractivity contribution in [3.8, 4) is 0 Å². The van der Waals surface area contributed by atoms with Crippen LogP contribution in [-0.4, -0.2) is 41.7 Å². The zero-order valence-corrected chi connectivity index (χ0v) is 17.1. The van der Waals surface area contributed by atoms with Crippen LogP contribution in [0.2, 0.25) is 0 Å². The number of H-pyrrole nitrogens is 1. The predicted molar refractivity (Wildman–Crippen MR) is 112 cm³/mol. The average molecular weight is 413 g/mol. The van der Waals surface area contributed by atoms with Gasteiger partial charge in [-0.2, -0.15) is 4.31 Å². The number of rotatable bonds is 5. The number of hydrogen-bond donors (Lipinski definition) is 2. The minimum Gasteiger partial charge on any atom is -0.324 e. The number of para-hydroxylation sites is 2. The minimum atomic E-state index is -3.57. The van der Waals surface area contributed by atoms with Gasteiger partial charge in [0.15, 0.2) is 0 Å². The lowest BCUT2D eigenvalue weighted by Gasteiger charge is -2.30. The van der Waals surface area contributed by atoms with Crippen molar-refractivity contribution in [2.24, 2.45) is 0 Å². The molecular weight excluding hydrogens is 388 g/mol. The van der Waals surface area contributed by atoms with Gasteiger partial charge in [-0.15, -0.1) is 0 Å². The van der Waals surface area contributed by atoms with Crippen LogP contribution in [0, 0.1) is 0 Å². The van der Waals surface area contributed by atoms with Gasteiger partial charge in [0.05, 0.1) is 15.9 Å². The van der Waals surface area contributed by atoms with Gasteiger partial charge in [0.1, 0.15) is 0 Å². The fraction of sp³-hybridized carbons (Fsp3) is 0.333. The standard InChI is InChI=1S/C21H24N4O3S/c1-25(16-7-3-2-4-8-16)29(27,28)17-13-11-15(12-14-17)20(26)24-21-22-18-9-5-6-10-19(18)23-21/h5-6,9-14,16H,2-4,7-8H2,1H3,(H2,22,23,24,26). The summed E-state index contributed by atoms with van der Waals surface area (Å²) in [5.74, 6) is -0.00132. The minimum absolute atomic E-state index is 0.0461. The number of benzene rings is 2. The van der Waals surface area contributed by atoms with E-state index in [1.165, 1.54) is 35.0 Å². The Morgan fingerprint density at radius 1 is 1.07 bits per heavy atom. The van der Waals surface area contributed by atoms with Crippen LogP contribution in [0.3, 0.4) is 0 Å². The van der Waals surface area contributed by atoms with E-state index in [0.717, 1.165) is 36.7 Å². The highest BCUT2D eigenvalue weighted by atomic mass is 32.2. The number of aromatic amines is 1. The second-order valence-corrected chi connectivity index (χ2v) is 9.39. The molecule has 1 aromatic heterocycles. The number of nitrogens with zero attached hydrogens (tertiary/aromatic N) is 2. The summed E-state index contributed by atoms with van der Waals surface area (Å²) < 4.78 is 27.3. The summed E-state index contributed by atoms with van der Waals surface area (Å²) in [6, 6.07) is 13.6. The first-order valence-corrected chi connectivity index (χ1v) is 11.2. The summed E-state index contributed by atoms with van der Waals surface area (Å²) in [4.78, 5) is 20.1. The molecule has 1 aliphatic rings. The number of sulfonamides is 1. The third-order valence-electron chi connectivity index (χ3n) is 5.50. The van der Waals surface area contributed by atoms with E-state index in [2.05, 4.69) is 15.3 Å². The van der Waals surface area contributed by atoms with Crippen LogP contribution >= 0.6 is 0 Å². The van der Waals surface area contributed by atoms with Gasteiger partial charge in [-0.25, -0.2) is 13.4 Å². The van der Waals surface area contributed by atoms with E-state index >= 15 is 0 Å². The monoisotopic (exact) mass is 412 g/mol. The van der Waals surface area contributed by atoms with Crippen molar-refractivity contribution in [1.29, 1.82) is 0 Å². The first kappa shape index (κ1) is 19.6. The van der Waals surface area contributed by atoms with Gasteiger partial charge in [-0.1, -0.05) is 31.4 Å². The second-order valence-electron chi connectivity index (χ2n) is 7.39. The molecule has 1 fully saturated rings. The van der Waals surface area contributed by atoms with Crippen LogP contribution in [-0.2, 0) is 10.0 Å². The highest BCUT2D eigenvalue weighted by molar-refractivity contribution is 7.89. The van der Waals surface area contributed by atoms with E-state index in [0.29, 0.717) is 11.5 Å². The second kappa shape index (κ2) is 7.96. The van der Waals surface area contributed by atoms with Crippen molar-refractivity contribution in [2.45, 2.75) is 43.0 Å². The summed E-state index contributed by atoms with van der Waals surface area (Å²) in [7, 11) is -1.93. The molecule has 0 atom stereocenters. The van der Waals surface area contributed by atoms with Crippen LogP contribution in [0.25, 0.3) is 11.0 Å². The Hall–Kier alpha value is -2.71. The zero-order chi connectivity index (χ0) is 20.4. The summed E-state index contributed by atoms with van der Waals surface area (Å²) in [5.41, 5.74) is 1.95. The largest absolute Gasteiger partial charge is 0.324 e. The molecule has 8 heteroatoms. The first-order chi connectivity index (χ1) is 13.9. The lowest BCUT2D eigenvalue weighted by atomic mass is 9.96. The molecule has 0 radical (unpaired) electrons. The highest BCUT2D eigenvalue weighted by Gasteiger charge is 2.29. The maximum atomic E-state index is 12.9. The molecule has 2 aromatic carbocycles. The van der Waals surface area contributed by atoms with Crippen molar-refractivity contribution in [3.05, 3.63) is 54.1 Å². The molecule has 1 heterocycles. The summed E-state index contributed by atoms with van der Waals surface area (Å²) >= 11 is 0. The number of hydrogen-bond acceptors (Lipinski definition) is 4. The van der Waals surface area contributed by atoms with Crippen LogP contribution in [0.1, 0.15) is 42.5 Å². The Morgan fingerprint density at radius 3 is 2.45 bits per heavy atom. The Labute approximate surface area is 170 Å². The third-order valence-corrected chi connectivity index (χ3v) is 7.43. The molecule has 7 nitrogen and oxygen atoms in total.